The van der Waals surface area contributed by atoms with Crippen molar-refractivity contribution < 1.29 is 17.9 Å². The predicted molar refractivity (Wildman–Crippen MR) is 134 cm³/mol. The summed E-state index contributed by atoms with van der Waals surface area (Å²) in [5, 5.41) is 4.14. The van der Waals surface area contributed by atoms with Crippen LogP contribution in [0.2, 0.25) is 0 Å². The molecule has 35 heavy (non-hydrogen) atoms. The normalized spacial score (nSPS) is 15.8. The molecule has 1 unspecified atom stereocenters. The van der Waals surface area contributed by atoms with E-state index in [9.17, 15) is 13.2 Å². The highest BCUT2D eigenvalue weighted by molar-refractivity contribution is 7.89. The van der Waals surface area contributed by atoms with Crippen LogP contribution in [0.1, 0.15) is 27.5 Å². The zero-order valence-electron chi connectivity index (χ0n) is 19.5. The zero-order valence-corrected chi connectivity index (χ0v) is 20.3. The Labute approximate surface area is 204 Å². The first kappa shape index (κ1) is 23.3. The third-order valence-corrected chi connectivity index (χ3v) is 8.35. The first-order valence-corrected chi connectivity index (χ1v) is 13.0. The first-order valence-electron chi connectivity index (χ1n) is 11.6. The number of morpholine rings is 1. The summed E-state index contributed by atoms with van der Waals surface area (Å²) in [6, 6.07) is 19.6. The van der Waals surface area contributed by atoms with Gasteiger partial charge in [-0.25, -0.2) is 8.42 Å². The van der Waals surface area contributed by atoms with Crippen molar-refractivity contribution in [1.82, 2.24) is 19.2 Å². The molecule has 0 bridgehead atoms. The number of rotatable bonds is 7. The first-order chi connectivity index (χ1) is 16.9. The largest absolute Gasteiger partial charge is 0.379 e. The molecule has 8 nitrogen and oxygen atoms in total. The SMILES string of the molecule is Cn1cc(S(=O)(=O)N2CCOCC2)cc1C(=O)NCC(c1ccccc1)c1c[nH]c2ccccc12. The number of amides is 1. The lowest BCUT2D eigenvalue weighted by molar-refractivity contribution is 0.0730. The monoisotopic (exact) mass is 492 g/mol. The molecule has 5 rings (SSSR count). The van der Waals surface area contributed by atoms with Gasteiger partial charge in [0.25, 0.3) is 5.91 Å². The lowest BCUT2D eigenvalue weighted by Crippen LogP contribution is -2.40. The number of H-pyrrole nitrogens is 1. The molecule has 1 aliphatic heterocycles. The number of aromatic amines is 1. The highest BCUT2D eigenvalue weighted by Gasteiger charge is 2.29. The third-order valence-electron chi connectivity index (χ3n) is 6.49. The molecule has 0 spiro atoms. The summed E-state index contributed by atoms with van der Waals surface area (Å²) in [6.07, 6.45) is 3.48. The van der Waals surface area contributed by atoms with Crippen LogP contribution in [-0.4, -0.2) is 61.0 Å². The Kier molecular flexibility index (Phi) is 6.46. The van der Waals surface area contributed by atoms with Crippen molar-refractivity contribution in [3.8, 4) is 0 Å². The number of aryl methyl sites for hydroxylation is 1. The number of ether oxygens (including phenoxy) is 1. The number of para-hydroxylation sites is 1. The quantitative estimate of drug-likeness (QED) is 0.414. The molecule has 1 saturated heterocycles. The molecule has 0 saturated carbocycles. The van der Waals surface area contributed by atoms with Crippen LogP contribution in [0.3, 0.4) is 0 Å². The van der Waals surface area contributed by atoms with E-state index in [1.807, 2.05) is 54.7 Å². The van der Waals surface area contributed by atoms with Crippen molar-refractivity contribution in [2.75, 3.05) is 32.8 Å². The maximum Gasteiger partial charge on any atom is 0.267 e. The molecule has 2 aromatic carbocycles. The van der Waals surface area contributed by atoms with Crippen LogP contribution < -0.4 is 5.32 Å². The van der Waals surface area contributed by atoms with Crippen molar-refractivity contribution in [1.29, 1.82) is 0 Å². The standard InChI is InChI=1S/C26H28N4O4S/c1-29-18-20(35(32,33)30-11-13-34-14-12-30)15-25(29)26(31)28-16-22(19-7-3-2-4-8-19)23-17-27-24-10-6-5-9-21(23)24/h2-10,15,17-18,22,27H,11-14,16H2,1H3,(H,28,31). The fourth-order valence-electron chi connectivity index (χ4n) is 4.60. The minimum absolute atomic E-state index is 0.0758. The van der Waals surface area contributed by atoms with Gasteiger partial charge >= 0.3 is 0 Å². The number of nitrogens with zero attached hydrogens (tertiary/aromatic N) is 2. The minimum Gasteiger partial charge on any atom is -0.379 e. The Bertz CT molecular complexity index is 1440. The van der Waals surface area contributed by atoms with Gasteiger partial charge in [0.15, 0.2) is 0 Å². The number of carbonyl (C=O) groups excluding carboxylic acids is 1. The second kappa shape index (κ2) is 9.69. The van der Waals surface area contributed by atoms with E-state index in [1.54, 1.807) is 11.6 Å². The smallest absolute Gasteiger partial charge is 0.267 e. The van der Waals surface area contributed by atoms with E-state index in [4.69, 9.17) is 4.74 Å². The molecule has 1 aliphatic rings. The predicted octanol–water partition coefficient (Wildman–Crippen LogP) is 3.09. The van der Waals surface area contributed by atoms with E-state index >= 15 is 0 Å². The Morgan fingerprint density at radius 1 is 1.09 bits per heavy atom. The Morgan fingerprint density at radius 3 is 2.57 bits per heavy atom. The van der Waals surface area contributed by atoms with Gasteiger partial charge < -0.3 is 19.6 Å². The Hall–Kier alpha value is -3.40. The Morgan fingerprint density at radius 2 is 1.80 bits per heavy atom. The fourth-order valence-corrected chi connectivity index (χ4v) is 6.08. The van der Waals surface area contributed by atoms with Gasteiger partial charge in [0.1, 0.15) is 10.6 Å². The maximum atomic E-state index is 13.2. The molecule has 182 valence electrons. The van der Waals surface area contributed by atoms with Crippen LogP contribution >= 0.6 is 0 Å². The molecule has 1 fully saturated rings. The highest BCUT2D eigenvalue weighted by Crippen LogP contribution is 2.30. The van der Waals surface area contributed by atoms with Crippen LogP contribution in [0.4, 0.5) is 0 Å². The van der Waals surface area contributed by atoms with E-state index in [0.717, 1.165) is 22.0 Å². The van der Waals surface area contributed by atoms with Crippen molar-refractivity contribution in [3.05, 3.63) is 89.9 Å². The van der Waals surface area contributed by atoms with E-state index in [2.05, 4.69) is 16.4 Å². The van der Waals surface area contributed by atoms with E-state index < -0.39 is 10.0 Å². The molecule has 1 atom stereocenters. The molecular weight excluding hydrogens is 464 g/mol. The summed E-state index contributed by atoms with van der Waals surface area (Å²) in [6.45, 7) is 1.72. The lowest BCUT2D eigenvalue weighted by atomic mass is 9.91. The van der Waals surface area contributed by atoms with Crippen LogP contribution in [0.25, 0.3) is 10.9 Å². The van der Waals surface area contributed by atoms with Gasteiger partial charge in [-0.05, 0) is 23.3 Å². The molecule has 9 heteroatoms. The number of hydrogen-bond acceptors (Lipinski definition) is 4. The number of aromatic nitrogens is 2. The second-order valence-electron chi connectivity index (χ2n) is 8.65. The average Bonchev–Trinajstić information content (AvgIpc) is 3.50. The van der Waals surface area contributed by atoms with Crippen molar-refractivity contribution in [2.45, 2.75) is 10.8 Å². The topological polar surface area (TPSA) is 96.4 Å². The van der Waals surface area contributed by atoms with Gasteiger partial charge in [0, 0.05) is 55.9 Å². The zero-order chi connectivity index (χ0) is 24.4. The average molecular weight is 493 g/mol. The van der Waals surface area contributed by atoms with Crippen LogP contribution in [-0.2, 0) is 21.8 Å². The number of nitrogens with one attached hydrogen (secondary N) is 2. The van der Waals surface area contributed by atoms with Crippen LogP contribution in [0.5, 0.6) is 0 Å². The fraction of sp³-hybridized carbons (Fsp3) is 0.269. The van der Waals surface area contributed by atoms with Crippen LogP contribution in [0, 0.1) is 0 Å². The van der Waals surface area contributed by atoms with Crippen LogP contribution in [0.15, 0.2) is 78.0 Å². The second-order valence-corrected chi connectivity index (χ2v) is 10.6. The number of hydrogen-bond donors (Lipinski definition) is 2. The molecule has 3 heterocycles. The highest BCUT2D eigenvalue weighted by atomic mass is 32.2. The van der Waals surface area contributed by atoms with Gasteiger partial charge in [-0.2, -0.15) is 4.31 Å². The summed E-state index contributed by atoms with van der Waals surface area (Å²) in [5.74, 6) is -0.398. The van der Waals surface area contributed by atoms with Gasteiger partial charge in [-0.1, -0.05) is 48.5 Å². The Balaban J connectivity index is 1.39. The molecular formula is C26H28N4O4S. The van der Waals surface area contributed by atoms with Crippen molar-refractivity contribution in [3.63, 3.8) is 0 Å². The molecule has 2 aromatic heterocycles. The van der Waals surface area contributed by atoms with Gasteiger partial charge in [-0.3, -0.25) is 4.79 Å². The number of carbonyl (C=O) groups is 1. The number of fused-ring (bicyclic) bond motifs is 1. The summed E-state index contributed by atoms with van der Waals surface area (Å²) in [4.78, 5) is 16.6. The van der Waals surface area contributed by atoms with Gasteiger partial charge in [-0.15, -0.1) is 0 Å². The van der Waals surface area contributed by atoms with E-state index in [0.29, 0.717) is 38.5 Å². The lowest BCUT2D eigenvalue weighted by Gasteiger charge is -2.25. The molecule has 0 aliphatic carbocycles. The summed E-state index contributed by atoms with van der Waals surface area (Å²) >= 11 is 0. The molecule has 1 amide bonds. The van der Waals surface area contributed by atoms with Gasteiger partial charge in [0.2, 0.25) is 10.0 Å². The van der Waals surface area contributed by atoms with Crippen molar-refractivity contribution in [2.24, 2.45) is 7.05 Å². The number of benzene rings is 2. The molecule has 0 radical (unpaired) electrons. The van der Waals surface area contributed by atoms with E-state index in [-0.39, 0.29) is 16.7 Å². The summed E-state index contributed by atoms with van der Waals surface area (Å²) in [5.41, 5.74) is 3.51. The van der Waals surface area contributed by atoms with Gasteiger partial charge in [0.05, 0.1) is 13.2 Å². The maximum absolute atomic E-state index is 13.2. The minimum atomic E-state index is -3.68. The molecule has 4 aromatic rings. The third kappa shape index (κ3) is 4.62. The summed E-state index contributed by atoms with van der Waals surface area (Å²) in [7, 11) is -2.00. The van der Waals surface area contributed by atoms with E-state index in [1.165, 1.54) is 16.6 Å². The molecule has 2 N–H and O–H groups in total. The summed E-state index contributed by atoms with van der Waals surface area (Å²) < 4.78 is 34.3. The van der Waals surface area contributed by atoms with Crippen molar-refractivity contribution >= 4 is 26.8 Å². The number of sulfonamides is 1.